The zero-order chi connectivity index (χ0) is 15.6. The molecular formula is C14H27N5O. The van der Waals surface area contributed by atoms with Crippen LogP contribution in [0.2, 0.25) is 0 Å². The van der Waals surface area contributed by atoms with Gasteiger partial charge >= 0.3 is 0 Å². The Morgan fingerprint density at radius 2 is 1.65 bits per heavy atom. The largest absolute Gasteiger partial charge is 0.377 e. The summed E-state index contributed by atoms with van der Waals surface area (Å²) in [6, 6.07) is 0. The van der Waals surface area contributed by atoms with Crippen molar-refractivity contribution in [3.05, 3.63) is 11.4 Å². The van der Waals surface area contributed by atoms with Crippen LogP contribution in [-0.2, 0) is 10.2 Å². The summed E-state index contributed by atoms with van der Waals surface area (Å²) in [7, 11) is 1.70. The summed E-state index contributed by atoms with van der Waals surface area (Å²) in [6.45, 7) is 12.8. The van der Waals surface area contributed by atoms with Crippen molar-refractivity contribution in [1.29, 1.82) is 0 Å². The maximum absolute atomic E-state index is 5.55. The molecule has 114 valence electrons. The molecule has 0 amide bonds. The molecule has 0 saturated heterocycles. The quantitative estimate of drug-likeness (QED) is 0.567. The third-order valence-corrected chi connectivity index (χ3v) is 3.19. The van der Waals surface area contributed by atoms with E-state index >= 15 is 0 Å². The summed E-state index contributed by atoms with van der Waals surface area (Å²) >= 11 is 0. The molecule has 0 aliphatic rings. The number of methoxy groups -OCH3 is 1. The lowest BCUT2D eigenvalue weighted by Crippen LogP contribution is -2.33. The van der Waals surface area contributed by atoms with E-state index in [1.165, 1.54) is 0 Å². The van der Waals surface area contributed by atoms with E-state index in [9.17, 15) is 0 Å². The van der Waals surface area contributed by atoms with Gasteiger partial charge in [0.1, 0.15) is 17.5 Å². The van der Waals surface area contributed by atoms with Gasteiger partial charge in [-0.2, -0.15) is 0 Å². The molecule has 1 aromatic rings. The Hall–Kier alpha value is -1.40. The molecule has 1 heterocycles. The van der Waals surface area contributed by atoms with Crippen molar-refractivity contribution in [2.75, 3.05) is 24.4 Å². The number of nitrogen functional groups attached to an aromatic ring is 1. The van der Waals surface area contributed by atoms with E-state index in [-0.39, 0.29) is 11.0 Å². The van der Waals surface area contributed by atoms with Crippen molar-refractivity contribution in [3.63, 3.8) is 0 Å². The van der Waals surface area contributed by atoms with Crippen LogP contribution < -0.4 is 16.6 Å². The van der Waals surface area contributed by atoms with Gasteiger partial charge < -0.3 is 15.5 Å². The predicted octanol–water partition coefficient (Wildman–Crippen LogP) is 2.21. The van der Waals surface area contributed by atoms with E-state index in [1.807, 2.05) is 20.8 Å². The fraction of sp³-hybridized carbons (Fsp3) is 0.714. The molecule has 6 heteroatoms. The van der Waals surface area contributed by atoms with Gasteiger partial charge in [-0.3, -0.25) is 0 Å². The van der Waals surface area contributed by atoms with Crippen molar-refractivity contribution in [1.82, 2.24) is 9.97 Å². The average molecular weight is 281 g/mol. The molecule has 0 saturated carbocycles. The minimum atomic E-state index is -0.268. The monoisotopic (exact) mass is 281 g/mol. The summed E-state index contributed by atoms with van der Waals surface area (Å²) in [5.74, 6) is 7.71. The molecule has 4 N–H and O–H groups in total. The fourth-order valence-electron chi connectivity index (χ4n) is 1.53. The van der Waals surface area contributed by atoms with Crippen LogP contribution in [-0.4, -0.2) is 29.2 Å². The molecule has 1 rings (SSSR count). The third kappa shape index (κ3) is 4.05. The summed E-state index contributed by atoms with van der Waals surface area (Å²) in [6.07, 6.45) is 0. The van der Waals surface area contributed by atoms with Crippen molar-refractivity contribution in [2.24, 2.45) is 5.84 Å². The molecule has 0 aliphatic carbocycles. The normalized spacial score (nSPS) is 12.4. The van der Waals surface area contributed by atoms with E-state index < -0.39 is 0 Å². The topological polar surface area (TPSA) is 85.1 Å². The highest BCUT2D eigenvalue weighted by molar-refractivity contribution is 5.57. The van der Waals surface area contributed by atoms with E-state index in [2.05, 4.69) is 41.5 Å². The number of ether oxygens (including phenoxy) is 1. The van der Waals surface area contributed by atoms with E-state index in [4.69, 9.17) is 10.6 Å². The molecule has 0 radical (unpaired) electrons. The number of anilines is 2. The average Bonchev–Trinajstić information content (AvgIpc) is 2.36. The molecule has 0 aromatic carbocycles. The highest BCUT2D eigenvalue weighted by atomic mass is 16.5. The minimum absolute atomic E-state index is 0.146. The maximum atomic E-state index is 5.55. The Kier molecular flexibility index (Phi) is 4.94. The Morgan fingerprint density at radius 1 is 1.10 bits per heavy atom. The molecule has 1 aromatic heterocycles. The van der Waals surface area contributed by atoms with Gasteiger partial charge in [0.05, 0.1) is 5.60 Å². The van der Waals surface area contributed by atoms with Crippen LogP contribution in [0, 0.1) is 6.92 Å². The fourth-order valence-corrected chi connectivity index (χ4v) is 1.53. The maximum Gasteiger partial charge on any atom is 0.148 e. The van der Waals surface area contributed by atoms with Crippen LogP contribution in [0.4, 0.5) is 11.6 Å². The van der Waals surface area contributed by atoms with Crippen LogP contribution in [0.15, 0.2) is 0 Å². The van der Waals surface area contributed by atoms with Crippen molar-refractivity contribution in [3.8, 4) is 0 Å². The Bertz CT molecular complexity index is 465. The number of nitrogens with zero attached hydrogens (tertiary/aromatic N) is 2. The zero-order valence-electron chi connectivity index (χ0n) is 13.6. The number of hydrogen-bond donors (Lipinski definition) is 3. The van der Waals surface area contributed by atoms with Gasteiger partial charge in [-0.25, -0.2) is 15.8 Å². The zero-order valence-corrected chi connectivity index (χ0v) is 13.6. The van der Waals surface area contributed by atoms with Gasteiger partial charge in [-0.1, -0.05) is 20.8 Å². The number of nitrogens with one attached hydrogen (secondary N) is 2. The second-order valence-electron chi connectivity index (χ2n) is 6.58. The molecule has 0 aliphatic heterocycles. The van der Waals surface area contributed by atoms with E-state index in [0.717, 1.165) is 17.2 Å². The SMILES string of the molecule is COC(C)(C)CNc1nc(C(C)(C)C)nc(NN)c1C. The first-order valence-electron chi connectivity index (χ1n) is 6.75. The smallest absolute Gasteiger partial charge is 0.148 e. The second-order valence-corrected chi connectivity index (χ2v) is 6.58. The van der Waals surface area contributed by atoms with Crippen LogP contribution in [0.1, 0.15) is 46.0 Å². The number of aromatic nitrogens is 2. The van der Waals surface area contributed by atoms with Crippen molar-refractivity contribution < 1.29 is 4.74 Å². The first-order chi connectivity index (χ1) is 9.10. The molecule has 20 heavy (non-hydrogen) atoms. The predicted molar refractivity (Wildman–Crippen MR) is 82.9 cm³/mol. The summed E-state index contributed by atoms with van der Waals surface area (Å²) in [4.78, 5) is 9.09. The van der Waals surface area contributed by atoms with Gasteiger partial charge in [0.25, 0.3) is 0 Å². The molecule has 6 nitrogen and oxygen atoms in total. The van der Waals surface area contributed by atoms with Gasteiger partial charge in [0.15, 0.2) is 0 Å². The molecule has 0 bridgehead atoms. The number of rotatable bonds is 5. The van der Waals surface area contributed by atoms with Crippen molar-refractivity contribution in [2.45, 2.75) is 52.6 Å². The number of nitrogens with two attached hydrogens (primary N) is 1. The first-order valence-corrected chi connectivity index (χ1v) is 6.75. The number of hydrogen-bond acceptors (Lipinski definition) is 6. The van der Waals surface area contributed by atoms with Crippen molar-refractivity contribution >= 4 is 11.6 Å². The Labute approximate surface area is 121 Å². The Balaban J connectivity index is 3.12. The van der Waals surface area contributed by atoms with Gasteiger partial charge in [0, 0.05) is 24.6 Å². The van der Waals surface area contributed by atoms with E-state index in [1.54, 1.807) is 7.11 Å². The lowest BCUT2D eigenvalue weighted by atomic mass is 9.95. The Morgan fingerprint density at radius 3 is 2.10 bits per heavy atom. The van der Waals surface area contributed by atoms with Crippen LogP contribution >= 0.6 is 0 Å². The highest BCUT2D eigenvalue weighted by Gasteiger charge is 2.22. The molecule has 0 spiro atoms. The summed E-state index contributed by atoms with van der Waals surface area (Å²) < 4.78 is 5.41. The van der Waals surface area contributed by atoms with E-state index in [0.29, 0.717) is 12.4 Å². The summed E-state index contributed by atoms with van der Waals surface area (Å²) in [5.41, 5.74) is 3.12. The molecular weight excluding hydrogens is 254 g/mol. The molecule has 0 fully saturated rings. The van der Waals surface area contributed by atoms with Gasteiger partial charge in [-0.15, -0.1) is 0 Å². The third-order valence-electron chi connectivity index (χ3n) is 3.19. The van der Waals surface area contributed by atoms with Crippen LogP contribution in [0.25, 0.3) is 0 Å². The standard InChI is InChI=1S/C14H27N5O/c1-9-10(16-8-14(5,6)20-7)17-12(13(2,3)4)18-11(9)19-15/h8,15H2,1-7H3,(H2,16,17,18,19). The number of hydrazine groups is 1. The van der Waals surface area contributed by atoms with Gasteiger partial charge in [-0.05, 0) is 20.8 Å². The summed E-state index contributed by atoms with van der Waals surface area (Å²) in [5, 5.41) is 3.32. The lowest BCUT2D eigenvalue weighted by Gasteiger charge is -2.25. The van der Waals surface area contributed by atoms with Crippen LogP contribution in [0.5, 0.6) is 0 Å². The minimum Gasteiger partial charge on any atom is -0.377 e. The van der Waals surface area contributed by atoms with Crippen LogP contribution in [0.3, 0.4) is 0 Å². The lowest BCUT2D eigenvalue weighted by molar-refractivity contribution is 0.0343. The molecule has 0 unspecified atom stereocenters. The molecule has 0 atom stereocenters. The van der Waals surface area contributed by atoms with Gasteiger partial charge in [0.2, 0.25) is 0 Å². The second kappa shape index (κ2) is 5.93. The first kappa shape index (κ1) is 16.7. The highest BCUT2D eigenvalue weighted by Crippen LogP contribution is 2.26.